The maximum absolute atomic E-state index is 9.54. The first-order valence-corrected chi connectivity index (χ1v) is 6.67. The molecule has 6 heteroatoms. The molecule has 1 atom stereocenters. The number of nitrogens with one attached hydrogen (secondary N) is 2. The number of aliphatic hydroxyl groups is 1. The Morgan fingerprint density at radius 2 is 2.35 bits per heavy atom. The van der Waals surface area contributed by atoms with Crippen LogP contribution < -0.4 is 5.32 Å². The van der Waals surface area contributed by atoms with Crippen LogP contribution in [0.5, 0.6) is 0 Å². The summed E-state index contributed by atoms with van der Waals surface area (Å²) in [7, 11) is 1.58. The number of methoxy groups -OCH3 is 1. The van der Waals surface area contributed by atoms with Crippen molar-refractivity contribution < 1.29 is 14.3 Å². The molecule has 2 aromatic rings. The highest BCUT2D eigenvalue weighted by molar-refractivity contribution is 5.56. The highest BCUT2D eigenvalue weighted by Gasteiger charge is 2.11. The molecular weight excluding hydrogens is 258 g/mol. The molecule has 2 rings (SSSR count). The number of aliphatic hydroxyl groups excluding tert-OH is 1. The molecule has 2 heterocycles. The molecule has 0 spiro atoms. The average molecular weight is 279 g/mol. The first-order valence-electron chi connectivity index (χ1n) is 6.67. The van der Waals surface area contributed by atoms with E-state index in [1.54, 1.807) is 13.3 Å². The number of hydrogen-bond donors (Lipinski definition) is 3. The van der Waals surface area contributed by atoms with Crippen LogP contribution in [-0.2, 0) is 11.3 Å². The summed E-state index contributed by atoms with van der Waals surface area (Å²) in [4.78, 5) is 0. The van der Waals surface area contributed by atoms with Crippen LogP contribution in [-0.4, -0.2) is 41.7 Å². The van der Waals surface area contributed by atoms with Gasteiger partial charge in [-0.2, -0.15) is 5.10 Å². The minimum Gasteiger partial charge on any atom is -0.460 e. The van der Waals surface area contributed by atoms with Crippen LogP contribution in [0.4, 0.5) is 0 Å². The van der Waals surface area contributed by atoms with Crippen LogP contribution in [0.3, 0.4) is 0 Å². The lowest BCUT2D eigenvalue weighted by Crippen LogP contribution is -2.23. The van der Waals surface area contributed by atoms with Gasteiger partial charge in [-0.05, 0) is 32.0 Å². The third kappa shape index (κ3) is 3.93. The number of aromatic nitrogens is 2. The second kappa shape index (κ2) is 7.23. The lowest BCUT2D eigenvalue weighted by Gasteiger charge is -2.09. The van der Waals surface area contributed by atoms with Crippen LogP contribution in [0, 0.1) is 6.92 Å². The van der Waals surface area contributed by atoms with Gasteiger partial charge < -0.3 is 19.6 Å². The number of nitrogens with zero attached hydrogens (tertiary/aromatic N) is 1. The summed E-state index contributed by atoms with van der Waals surface area (Å²) in [5.74, 6) is 1.66. The van der Waals surface area contributed by atoms with Crippen LogP contribution in [0.2, 0.25) is 0 Å². The Morgan fingerprint density at radius 1 is 1.50 bits per heavy atom. The largest absolute Gasteiger partial charge is 0.460 e. The first-order chi connectivity index (χ1) is 9.70. The highest BCUT2D eigenvalue weighted by atomic mass is 16.5. The molecule has 0 saturated heterocycles. The summed E-state index contributed by atoms with van der Waals surface area (Å²) in [5, 5.41) is 19.8. The number of aryl methyl sites for hydroxylation is 1. The van der Waals surface area contributed by atoms with Crippen LogP contribution >= 0.6 is 0 Å². The molecule has 6 nitrogen and oxygen atoms in total. The number of furan rings is 1. The van der Waals surface area contributed by atoms with E-state index in [1.165, 1.54) is 0 Å². The van der Waals surface area contributed by atoms with E-state index in [-0.39, 0.29) is 0 Å². The van der Waals surface area contributed by atoms with Crippen molar-refractivity contribution >= 4 is 0 Å². The highest BCUT2D eigenvalue weighted by Crippen LogP contribution is 2.23. The molecule has 0 bridgehead atoms. The minimum absolute atomic E-state index is 0.365. The van der Waals surface area contributed by atoms with Crippen molar-refractivity contribution in [2.24, 2.45) is 0 Å². The van der Waals surface area contributed by atoms with Crippen LogP contribution in [0.25, 0.3) is 11.5 Å². The van der Waals surface area contributed by atoms with E-state index in [4.69, 9.17) is 9.15 Å². The maximum atomic E-state index is 9.54. The molecule has 0 amide bonds. The van der Waals surface area contributed by atoms with E-state index in [0.29, 0.717) is 26.1 Å². The molecule has 0 radical (unpaired) electrons. The van der Waals surface area contributed by atoms with E-state index in [9.17, 15) is 5.11 Å². The molecule has 0 fully saturated rings. The number of H-pyrrole nitrogens is 1. The predicted octanol–water partition coefficient (Wildman–Crippen LogP) is 1.47. The zero-order valence-electron chi connectivity index (χ0n) is 11.8. The van der Waals surface area contributed by atoms with Gasteiger partial charge >= 0.3 is 0 Å². The Labute approximate surface area is 118 Å². The second-order valence-electron chi connectivity index (χ2n) is 4.76. The monoisotopic (exact) mass is 279 g/mol. The standard InChI is InChI=1S/C14H21N3O3/c1-10-3-4-13(20-10)14-11(8-16-17-14)7-15-6-5-12(18)9-19-2/h3-4,8,12,15,18H,5-7,9H2,1-2H3,(H,16,17). The van der Waals surface area contributed by atoms with Crippen molar-refractivity contribution in [3.05, 3.63) is 29.7 Å². The second-order valence-corrected chi connectivity index (χ2v) is 4.76. The third-order valence-electron chi connectivity index (χ3n) is 3.03. The van der Waals surface area contributed by atoms with Gasteiger partial charge in [-0.25, -0.2) is 0 Å². The topological polar surface area (TPSA) is 83.3 Å². The fourth-order valence-corrected chi connectivity index (χ4v) is 1.99. The third-order valence-corrected chi connectivity index (χ3v) is 3.03. The molecule has 2 aromatic heterocycles. The SMILES string of the molecule is COCC(O)CCNCc1cn[nH]c1-c1ccc(C)o1. The molecule has 0 aliphatic rings. The molecule has 0 saturated carbocycles. The van der Waals surface area contributed by atoms with Gasteiger partial charge in [0.25, 0.3) is 0 Å². The van der Waals surface area contributed by atoms with Gasteiger partial charge in [0.2, 0.25) is 0 Å². The average Bonchev–Trinajstić information content (AvgIpc) is 3.03. The number of hydrogen-bond acceptors (Lipinski definition) is 5. The van der Waals surface area contributed by atoms with Crippen molar-refractivity contribution in [2.75, 3.05) is 20.3 Å². The van der Waals surface area contributed by atoms with E-state index in [1.807, 2.05) is 19.1 Å². The van der Waals surface area contributed by atoms with Gasteiger partial charge in [-0.3, -0.25) is 5.10 Å². The molecule has 0 aliphatic carbocycles. The quantitative estimate of drug-likeness (QED) is 0.637. The summed E-state index contributed by atoms with van der Waals surface area (Å²) in [6.07, 6.45) is 2.01. The van der Waals surface area contributed by atoms with Crippen molar-refractivity contribution in [2.45, 2.75) is 26.0 Å². The fraction of sp³-hybridized carbons (Fsp3) is 0.500. The van der Waals surface area contributed by atoms with E-state index in [2.05, 4.69) is 15.5 Å². The summed E-state index contributed by atoms with van der Waals surface area (Å²) < 4.78 is 10.5. The fourth-order valence-electron chi connectivity index (χ4n) is 1.99. The Morgan fingerprint density at radius 3 is 3.05 bits per heavy atom. The molecule has 110 valence electrons. The number of ether oxygens (including phenoxy) is 1. The van der Waals surface area contributed by atoms with Crippen molar-refractivity contribution in [1.29, 1.82) is 0 Å². The van der Waals surface area contributed by atoms with Crippen molar-refractivity contribution in [1.82, 2.24) is 15.5 Å². The van der Waals surface area contributed by atoms with E-state index in [0.717, 1.165) is 22.8 Å². The van der Waals surface area contributed by atoms with Gasteiger partial charge in [-0.15, -0.1) is 0 Å². The molecule has 0 aliphatic heterocycles. The lowest BCUT2D eigenvalue weighted by molar-refractivity contribution is 0.0594. The first kappa shape index (κ1) is 14.8. The smallest absolute Gasteiger partial charge is 0.152 e. The van der Waals surface area contributed by atoms with Gasteiger partial charge in [0.1, 0.15) is 11.5 Å². The molecule has 3 N–H and O–H groups in total. The molecular formula is C14H21N3O3. The Balaban J connectivity index is 1.84. The zero-order chi connectivity index (χ0) is 14.4. The zero-order valence-corrected chi connectivity index (χ0v) is 11.8. The van der Waals surface area contributed by atoms with Gasteiger partial charge in [0.15, 0.2) is 5.76 Å². The van der Waals surface area contributed by atoms with Crippen molar-refractivity contribution in [3.63, 3.8) is 0 Å². The Hall–Kier alpha value is -1.63. The van der Waals surface area contributed by atoms with Crippen LogP contribution in [0.15, 0.2) is 22.7 Å². The number of aromatic amines is 1. The molecule has 1 unspecified atom stereocenters. The molecule has 20 heavy (non-hydrogen) atoms. The minimum atomic E-state index is -0.427. The van der Waals surface area contributed by atoms with Gasteiger partial charge in [-0.1, -0.05) is 0 Å². The van der Waals surface area contributed by atoms with E-state index < -0.39 is 6.10 Å². The van der Waals surface area contributed by atoms with Crippen LogP contribution in [0.1, 0.15) is 17.7 Å². The number of rotatable bonds is 8. The normalized spacial score (nSPS) is 12.8. The van der Waals surface area contributed by atoms with E-state index >= 15 is 0 Å². The summed E-state index contributed by atoms with van der Waals surface area (Å²) in [6.45, 7) is 3.66. The van der Waals surface area contributed by atoms with Crippen molar-refractivity contribution in [3.8, 4) is 11.5 Å². The Bertz CT molecular complexity index is 521. The van der Waals surface area contributed by atoms with Gasteiger partial charge in [0.05, 0.1) is 18.9 Å². The summed E-state index contributed by atoms with van der Waals surface area (Å²) in [5.41, 5.74) is 1.93. The summed E-state index contributed by atoms with van der Waals surface area (Å²) in [6, 6.07) is 3.85. The Kier molecular flexibility index (Phi) is 5.34. The predicted molar refractivity (Wildman–Crippen MR) is 75.2 cm³/mol. The molecule has 0 aromatic carbocycles. The summed E-state index contributed by atoms with van der Waals surface area (Å²) >= 11 is 0. The maximum Gasteiger partial charge on any atom is 0.152 e. The lowest BCUT2D eigenvalue weighted by atomic mass is 10.2. The van der Waals surface area contributed by atoms with Gasteiger partial charge in [0, 0.05) is 19.2 Å².